The van der Waals surface area contributed by atoms with E-state index in [1.807, 2.05) is 0 Å². The van der Waals surface area contributed by atoms with Gasteiger partial charge in [-0.15, -0.1) is 0 Å². The molecule has 0 saturated carbocycles. The van der Waals surface area contributed by atoms with Gasteiger partial charge in [-0.05, 0) is 116 Å². The lowest BCUT2D eigenvalue weighted by Gasteiger charge is -2.24. The van der Waals surface area contributed by atoms with Crippen molar-refractivity contribution in [1.82, 2.24) is 5.32 Å². The largest absolute Gasteiger partial charge is 0.500 e. The molecule has 15 N–H and O–H groups in total. The molecule has 1 atom stereocenters. The van der Waals surface area contributed by atoms with Gasteiger partial charge in [0, 0.05) is 73.8 Å². The molecule has 2 aromatic carbocycles. The molecule has 738 valence electrons. The number of aliphatic carboxylic acids is 2. The fourth-order valence-electron chi connectivity index (χ4n) is 6.51. The third-order valence-corrected chi connectivity index (χ3v) is 20.2. The highest BCUT2D eigenvalue weighted by atomic mass is 32.2. The Morgan fingerprint density at radius 3 is 1.12 bits per heavy atom. The van der Waals surface area contributed by atoms with Crippen LogP contribution >= 0.6 is 38.9 Å². The zero-order valence-electron chi connectivity index (χ0n) is 72.7. The van der Waals surface area contributed by atoms with Crippen LogP contribution in [-0.2, 0) is 156 Å². The summed E-state index contributed by atoms with van der Waals surface area (Å²) in [6.45, 7) is 43.9. The second-order valence-electron chi connectivity index (χ2n) is 24.8. The number of benzene rings is 2. The van der Waals surface area contributed by atoms with Gasteiger partial charge in [0.15, 0.2) is 0 Å². The molecule has 1 unspecified atom stereocenters. The van der Waals surface area contributed by atoms with Crippen LogP contribution in [0.15, 0.2) is 165 Å². The fourth-order valence-corrected chi connectivity index (χ4v) is 11.7. The first-order valence-corrected chi connectivity index (χ1v) is 48.5. The van der Waals surface area contributed by atoms with E-state index in [1.54, 1.807) is 64.7 Å². The average Bonchev–Trinajstić information content (AvgIpc) is 0.871. The monoisotopic (exact) mass is 2010 g/mol. The molecule has 0 saturated heterocycles. The normalized spacial score (nSPS) is 11.1. The second kappa shape index (κ2) is 72.7. The van der Waals surface area contributed by atoms with Crippen molar-refractivity contribution in [3.8, 4) is 0 Å². The molecule has 0 aliphatic heterocycles. The number of hydrogen-bond acceptors (Lipinski definition) is 33. The molecule has 0 radical (unpaired) electrons. The Morgan fingerprint density at radius 1 is 0.457 bits per heavy atom. The molecule has 0 fully saturated rings. The Morgan fingerprint density at radius 2 is 0.814 bits per heavy atom. The van der Waals surface area contributed by atoms with E-state index < -0.39 is 139 Å². The van der Waals surface area contributed by atoms with Crippen LogP contribution in [-0.4, -0.2) is 258 Å². The molecule has 0 aliphatic carbocycles. The van der Waals surface area contributed by atoms with E-state index in [4.69, 9.17) is 95.7 Å². The number of carbonyl (C=O) groups is 10. The Kier molecular flexibility index (Phi) is 76.4. The SMILES string of the molecule is C=C(C)C(=O)OCC(C)OP(=O)(O)O.C=C(C)C(=O)OCCC[Si](OC)(OC)OC.C=C(C)C(=O)OCCOC(=O)CCCCCOP(=O)(O)O.C=C(C)C(=O)OCCOP(=O)(O)O.C=C(C)C(=O)OCCOP(=O)(O)O.C=CC(=O)NC(C)(C)CS(=O)(=O)O.C=CC(=O)O.C=CC(=O)OCCC(=O)O.C=Cc1ccc(P(=O)(O)O)cc1.C=Cc1ccc(S(=O)(=O)O)cc1. The number of carbonyl (C=O) groups excluding carboxylic acids is 8. The van der Waals surface area contributed by atoms with E-state index >= 15 is 0 Å². The van der Waals surface area contributed by atoms with Crippen LogP contribution in [0.2, 0.25) is 6.04 Å². The van der Waals surface area contributed by atoms with Crippen molar-refractivity contribution in [2.45, 2.75) is 116 Å². The maximum atomic E-state index is 11.3. The Balaban J connectivity index is -0.000000213. The van der Waals surface area contributed by atoms with Gasteiger partial charge in [-0.3, -0.25) is 46.1 Å². The number of carboxylic acids is 2. The molecule has 129 heavy (non-hydrogen) atoms. The van der Waals surface area contributed by atoms with Crippen molar-refractivity contribution < 1.29 is 220 Å². The summed E-state index contributed by atoms with van der Waals surface area (Å²) in [6.07, 6.45) is 7.40. The lowest BCUT2D eigenvalue weighted by molar-refractivity contribution is -0.150. The van der Waals surface area contributed by atoms with Gasteiger partial charge in [0.1, 0.15) is 45.7 Å². The van der Waals surface area contributed by atoms with Crippen LogP contribution in [0.5, 0.6) is 0 Å². The van der Waals surface area contributed by atoms with E-state index in [2.05, 4.69) is 108 Å². The quantitative estimate of drug-likeness (QED) is 0.00613. The number of phosphoric ester groups is 4. The number of carboxylic acid groups (broad SMARTS) is 2. The predicted molar refractivity (Wildman–Crippen MR) is 466 cm³/mol. The molecule has 0 bridgehead atoms. The smallest absolute Gasteiger partial charge is 0.481 e. The molecule has 56 heteroatoms. The number of unbranched alkanes of at least 4 members (excludes halogenated alkanes) is 2. The van der Waals surface area contributed by atoms with Gasteiger partial charge in [-0.25, -0.2) is 51.8 Å². The van der Waals surface area contributed by atoms with Gasteiger partial charge in [0.2, 0.25) is 5.91 Å². The van der Waals surface area contributed by atoms with Crippen molar-refractivity contribution in [2.75, 3.05) is 93.2 Å². The lowest BCUT2D eigenvalue weighted by Crippen LogP contribution is -2.47. The number of rotatable bonds is 47. The Bertz CT molecular complexity index is 4340. The molecular formula is C73H118NO47P5S2Si. The van der Waals surface area contributed by atoms with E-state index in [-0.39, 0.29) is 111 Å². The van der Waals surface area contributed by atoms with Crippen LogP contribution in [0, 0.1) is 0 Å². The number of phosphoric acid groups is 4. The Labute approximate surface area is 748 Å². The first-order chi connectivity index (χ1) is 58.8. The summed E-state index contributed by atoms with van der Waals surface area (Å²) in [6, 6.07) is 12.4. The highest BCUT2D eigenvalue weighted by Crippen LogP contribution is 2.38. The van der Waals surface area contributed by atoms with Crippen LogP contribution in [0.4, 0.5) is 0 Å². The van der Waals surface area contributed by atoms with Gasteiger partial charge in [0.25, 0.3) is 20.2 Å². The van der Waals surface area contributed by atoms with Gasteiger partial charge in [0.05, 0.1) is 54.3 Å². The summed E-state index contributed by atoms with van der Waals surface area (Å²) >= 11 is 0. The highest BCUT2D eigenvalue weighted by molar-refractivity contribution is 7.86. The minimum atomic E-state index is -4.52. The van der Waals surface area contributed by atoms with Gasteiger partial charge < -0.3 is 111 Å². The molecule has 2 rings (SSSR count). The van der Waals surface area contributed by atoms with E-state index in [0.717, 1.165) is 29.4 Å². The number of amides is 1. The maximum absolute atomic E-state index is 11.3. The van der Waals surface area contributed by atoms with Crippen LogP contribution in [0.3, 0.4) is 0 Å². The fraction of sp³-hybridized carbons (Fsp3) is 0.425. The standard InChI is InChI=1S/C12H21O8P.C10H20O5Si.C8H9O3P.C8H8O3S.C7H13NO4S.C7H13O6P.2C6H11O6P.C6H8O4.C3H4O2/c1-10(2)12(14)19-9-8-18-11(13)6-4-3-5-7-20-21(15,16)17;1-9(2)10(11)15-7-6-8-16(12-3,13-4)14-5;2*1-2-7-3-5-8(6-4-7)12(9,10)11;1-4-6(9)8-7(2,3)5-13(10,11)12;1-5(2)7(8)12-4-6(3)13-14(9,10)11;2*1-5(2)6(7)11-3-4-12-13(8,9)10;1-2-6(9)10-4-3-5(7)8;1-2-3(4)5/h1,3-9H2,2H3,(H2,15,16,17);1,6-8H2,2-5H3;2-6H,1H2,(H2,9,10,11);2-6H,1H2,(H,9,10,11);4H,1,5H2,2-3H3,(H,8,9)(H,10,11,12);6H,1,4H2,2-3H3,(H2,9,10,11);2*1,3-4H2,2H3,(H2,8,9,10);2H,1,3-4H2,(H,7,8);2H,1H2,(H,4,5). The zero-order chi connectivity index (χ0) is 103. The van der Waals surface area contributed by atoms with Crippen molar-refractivity contribution in [3.63, 3.8) is 0 Å². The van der Waals surface area contributed by atoms with Crippen molar-refractivity contribution in [3.05, 3.63) is 172 Å². The van der Waals surface area contributed by atoms with Crippen molar-refractivity contribution in [1.29, 1.82) is 0 Å². The zero-order valence-corrected chi connectivity index (χ0v) is 79.8. The third-order valence-electron chi connectivity index (χ3n) is 12.3. The first-order valence-electron chi connectivity index (χ1n) is 35.8. The minimum Gasteiger partial charge on any atom is -0.481 e. The summed E-state index contributed by atoms with van der Waals surface area (Å²) in [5.41, 5.74) is 1.97. The molecule has 0 heterocycles. The molecule has 48 nitrogen and oxygen atoms in total. The number of esters is 7. The van der Waals surface area contributed by atoms with Crippen LogP contribution < -0.4 is 10.6 Å². The molecular weight excluding hydrogens is 1890 g/mol. The molecule has 0 aliphatic rings. The minimum absolute atomic E-state index is 0.0147. The van der Waals surface area contributed by atoms with Crippen molar-refractivity contribution >= 4 is 145 Å². The van der Waals surface area contributed by atoms with E-state index in [9.17, 15) is 87.6 Å². The third kappa shape index (κ3) is 96.4. The first kappa shape index (κ1) is 136. The van der Waals surface area contributed by atoms with Gasteiger partial charge in [-0.2, -0.15) is 16.8 Å². The molecule has 0 spiro atoms. The summed E-state index contributed by atoms with van der Waals surface area (Å²) in [5, 5.41) is 18.1. The average molecular weight is 2010 g/mol. The Hall–Kier alpha value is -8.95. The summed E-state index contributed by atoms with van der Waals surface area (Å²) < 4.78 is 176. The van der Waals surface area contributed by atoms with Crippen LogP contribution in [0.1, 0.15) is 105 Å². The lowest BCUT2D eigenvalue weighted by atomic mass is 10.1. The molecule has 0 aromatic heterocycles. The predicted octanol–water partition coefficient (Wildman–Crippen LogP) is 6.84. The second-order valence-corrected chi connectivity index (χ2v) is 37.3. The van der Waals surface area contributed by atoms with Gasteiger partial charge >= 0.3 is 101 Å². The topological polar surface area (TPSA) is 749 Å². The van der Waals surface area contributed by atoms with Crippen molar-refractivity contribution in [2.24, 2.45) is 0 Å². The van der Waals surface area contributed by atoms with E-state index in [1.165, 1.54) is 72.7 Å². The number of nitrogens with one attached hydrogen (secondary N) is 1. The van der Waals surface area contributed by atoms with Gasteiger partial charge in [-0.1, -0.05) is 109 Å². The molecule has 2 aromatic rings. The maximum Gasteiger partial charge on any atom is 0.500 e. The number of hydrogen-bond donors (Lipinski definition) is 15. The highest BCUT2D eigenvalue weighted by Gasteiger charge is 2.37. The summed E-state index contributed by atoms with van der Waals surface area (Å²) in [7, 11) is -27.9. The van der Waals surface area contributed by atoms with Crippen LogP contribution in [0.25, 0.3) is 12.2 Å². The van der Waals surface area contributed by atoms with E-state index in [0.29, 0.717) is 43.9 Å². The number of ether oxygens (including phenoxy) is 7. The summed E-state index contributed by atoms with van der Waals surface area (Å²) in [4.78, 5) is 190. The summed E-state index contributed by atoms with van der Waals surface area (Å²) in [5.74, 6) is -6.75. The molecule has 1 amide bonds.